The van der Waals surface area contributed by atoms with Gasteiger partial charge in [0.25, 0.3) is 0 Å². The van der Waals surface area contributed by atoms with Gasteiger partial charge in [0.05, 0.1) is 30.2 Å². The Morgan fingerprint density at radius 3 is 2.83 bits per heavy atom. The van der Waals surface area contributed by atoms with Crippen molar-refractivity contribution in [1.29, 1.82) is 0 Å². The van der Waals surface area contributed by atoms with Gasteiger partial charge in [-0.1, -0.05) is 25.6 Å². The highest BCUT2D eigenvalue weighted by molar-refractivity contribution is 7.98. The Morgan fingerprint density at radius 1 is 1.42 bits per heavy atom. The summed E-state index contributed by atoms with van der Waals surface area (Å²) in [5.74, 6) is 0.850. The Labute approximate surface area is 151 Å². The van der Waals surface area contributed by atoms with Crippen LogP contribution in [0.1, 0.15) is 44.1 Å². The van der Waals surface area contributed by atoms with E-state index < -0.39 is 0 Å². The number of fused-ring (bicyclic) bond motifs is 3. The molecule has 1 aliphatic rings. The number of thioether (sulfide) groups is 1. The summed E-state index contributed by atoms with van der Waals surface area (Å²) < 4.78 is 6.09. The Balaban J connectivity index is 2.13. The fraction of sp³-hybridized carbons (Fsp3) is 0.647. The molecule has 3 rings (SSSR count). The van der Waals surface area contributed by atoms with Crippen molar-refractivity contribution in [2.75, 3.05) is 18.2 Å². The second-order valence-electron chi connectivity index (χ2n) is 6.44. The van der Waals surface area contributed by atoms with E-state index >= 15 is 0 Å². The SMILES string of the molecule is CC[C@@H](CO)Nc1nc(SC)nc2sc3c(c12)C[C@@](C)(CC)OC3. The molecule has 0 unspecified atom stereocenters. The Morgan fingerprint density at radius 2 is 2.21 bits per heavy atom. The van der Waals surface area contributed by atoms with Crippen LogP contribution in [0.2, 0.25) is 0 Å². The van der Waals surface area contributed by atoms with Crippen LogP contribution in [0.4, 0.5) is 5.82 Å². The third-order valence-corrected chi connectivity index (χ3v) is 6.45. The number of aromatic nitrogens is 2. The molecule has 3 heterocycles. The molecule has 5 nitrogen and oxygen atoms in total. The first-order valence-electron chi connectivity index (χ1n) is 8.41. The zero-order valence-electron chi connectivity index (χ0n) is 14.7. The van der Waals surface area contributed by atoms with E-state index in [0.29, 0.717) is 6.61 Å². The van der Waals surface area contributed by atoms with Crippen molar-refractivity contribution in [3.05, 3.63) is 10.4 Å². The molecule has 0 fully saturated rings. The number of nitrogens with zero attached hydrogens (tertiary/aromatic N) is 2. The summed E-state index contributed by atoms with van der Waals surface area (Å²) in [6, 6.07) is 0.00533. The molecule has 132 valence electrons. The average Bonchev–Trinajstić information content (AvgIpc) is 2.96. The van der Waals surface area contributed by atoms with Gasteiger partial charge >= 0.3 is 0 Å². The maximum absolute atomic E-state index is 9.57. The molecule has 0 saturated carbocycles. The molecule has 0 aromatic carbocycles. The molecule has 1 aliphatic heterocycles. The monoisotopic (exact) mass is 367 g/mol. The van der Waals surface area contributed by atoms with Crippen LogP contribution in [-0.2, 0) is 17.8 Å². The van der Waals surface area contributed by atoms with Gasteiger partial charge in [0, 0.05) is 11.3 Å². The molecule has 0 aliphatic carbocycles. The highest BCUT2D eigenvalue weighted by Gasteiger charge is 2.33. The summed E-state index contributed by atoms with van der Waals surface area (Å²) in [4.78, 5) is 11.7. The van der Waals surface area contributed by atoms with Gasteiger partial charge in [-0.2, -0.15) is 0 Å². The van der Waals surface area contributed by atoms with E-state index in [1.807, 2.05) is 6.26 Å². The first-order valence-corrected chi connectivity index (χ1v) is 10.4. The van der Waals surface area contributed by atoms with Crippen LogP contribution < -0.4 is 5.32 Å². The normalized spacial score (nSPS) is 21.7. The van der Waals surface area contributed by atoms with Crippen LogP contribution in [0.15, 0.2) is 5.16 Å². The molecule has 2 aromatic heterocycles. The van der Waals surface area contributed by atoms with Gasteiger partial charge in [0.2, 0.25) is 0 Å². The van der Waals surface area contributed by atoms with E-state index in [9.17, 15) is 5.11 Å². The highest BCUT2D eigenvalue weighted by atomic mass is 32.2. The molecule has 7 heteroatoms. The Kier molecular flexibility index (Phi) is 5.34. The number of rotatable bonds is 6. The third-order valence-electron chi connectivity index (χ3n) is 4.80. The number of hydrogen-bond donors (Lipinski definition) is 2. The van der Waals surface area contributed by atoms with Crippen LogP contribution in [-0.4, -0.2) is 39.6 Å². The second-order valence-corrected chi connectivity index (χ2v) is 8.30. The lowest BCUT2D eigenvalue weighted by Crippen LogP contribution is -2.34. The number of nitrogens with one attached hydrogen (secondary N) is 1. The number of thiophene rings is 1. The van der Waals surface area contributed by atoms with E-state index in [1.165, 1.54) is 10.4 Å². The van der Waals surface area contributed by atoms with Crippen molar-refractivity contribution < 1.29 is 9.84 Å². The summed E-state index contributed by atoms with van der Waals surface area (Å²) in [5, 5.41) is 14.9. The number of ether oxygens (including phenoxy) is 1. The molecule has 0 spiro atoms. The predicted octanol–water partition coefficient (Wildman–Crippen LogP) is 3.84. The topological polar surface area (TPSA) is 67.3 Å². The van der Waals surface area contributed by atoms with Gasteiger partial charge in [0.1, 0.15) is 10.6 Å². The number of anilines is 1. The van der Waals surface area contributed by atoms with Gasteiger partial charge in [-0.05, 0) is 31.6 Å². The third kappa shape index (κ3) is 3.27. The first kappa shape index (κ1) is 17.9. The van der Waals surface area contributed by atoms with Crippen molar-refractivity contribution in [2.45, 2.75) is 63.4 Å². The fourth-order valence-electron chi connectivity index (χ4n) is 2.95. The highest BCUT2D eigenvalue weighted by Crippen LogP contribution is 2.42. The lowest BCUT2D eigenvalue weighted by Gasteiger charge is -2.33. The molecule has 2 atom stereocenters. The van der Waals surface area contributed by atoms with E-state index in [1.54, 1.807) is 23.1 Å². The van der Waals surface area contributed by atoms with E-state index in [2.05, 4.69) is 26.1 Å². The Bertz CT molecular complexity index is 730. The van der Waals surface area contributed by atoms with E-state index in [4.69, 9.17) is 14.7 Å². The van der Waals surface area contributed by atoms with Gasteiger partial charge in [-0.3, -0.25) is 0 Å². The molecule has 0 radical (unpaired) electrons. The Hall–Kier alpha value is -0.890. The largest absolute Gasteiger partial charge is 0.394 e. The van der Waals surface area contributed by atoms with E-state index in [0.717, 1.165) is 40.5 Å². The molecule has 2 N–H and O–H groups in total. The number of aliphatic hydroxyl groups excluding tert-OH is 1. The molecule has 0 amide bonds. The molecule has 24 heavy (non-hydrogen) atoms. The minimum atomic E-state index is -0.127. The molecular weight excluding hydrogens is 342 g/mol. The van der Waals surface area contributed by atoms with E-state index in [-0.39, 0.29) is 18.2 Å². The van der Waals surface area contributed by atoms with Crippen LogP contribution in [0.3, 0.4) is 0 Å². The summed E-state index contributed by atoms with van der Waals surface area (Å²) in [5.41, 5.74) is 1.19. The molecule has 2 aromatic rings. The summed E-state index contributed by atoms with van der Waals surface area (Å²) >= 11 is 3.25. The lowest BCUT2D eigenvalue weighted by atomic mass is 9.90. The maximum atomic E-state index is 9.57. The van der Waals surface area contributed by atoms with Gasteiger partial charge in [-0.25, -0.2) is 9.97 Å². The average molecular weight is 368 g/mol. The second kappa shape index (κ2) is 7.15. The van der Waals surface area contributed by atoms with Crippen molar-refractivity contribution in [1.82, 2.24) is 9.97 Å². The fourth-order valence-corrected chi connectivity index (χ4v) is 4.47. The number of hydrogen-bond acceptors (Lipinski definition) is 7. The minimum absolute atomic E-state index is 0.00533. The van der Waals surface area contributed by atoms with Crippen LogP contribution in [0.25, 0.3) is 10.2 Å². The van der Waals surface area contributed by atoms with Gasteiger partial charge < -0.3 is 15.2 Å². The standard InChI is InChI=1S/C17H25N3O2S2/c1-5-10(8-21)18-14-13-11-7-17(3,6-2)22-9-12(11)24-15(13)20-16(19-14)23-4/h10,21H,5-9H2,1-4H3,(H,18,19,20)/t10-,17+/m0/s1. The first-order chi connectivity index (χ1) is 11.5. The number of aliphatic hydroxyl groups is 1. The summed E-state index contributed by atoms with van der Waals surface area (Å²) in [6.45, 7) is 7.14. The van der Waals surface area contributed by atoms with Crippen LogP contribution in [0.5, 0.6) is 0 Å². The minimum Gasteiger partial charge on any atom is -0.394 e. The maximum Gasteiger partial charge on any atom is 0.190 e. The van der Waals surface area contributed by atoms with Crippen molar-refractivity contribution >= 4 is 39.1 Å². The zero-order chi connectivity index (χ0) is 17.3. The van der Waals surface area contributed by atoms with Gasteiger partial charge in [0.15, 0.2) is 5.16 Å². The van der Waals surface area contributed by atoms with Crippen LogP contribution >= 0.6 is 23.1 Å². The van der Waals surface area contributed by atoms with Gasteiger partial charge in [-0.15, -0.1) is 11.3 Å². The van der Waals surface area contributed by atoms with Crippen LogP contribution in [0, 0.1) is 0 Å². The quantitative estimate of drug-likeness (QED) is 0.597. The lowest BCUT2D eigenvalue weighted by molar-refractivity contribution is -0.0542. The summed E-state index contributed by atoms with van der Waals surface area (Å²) in [6.07, 6.45) is 4.69. The summed E-state index contributed by atoms with van der Waals surface area (Å²) in [7, 11) is 0. The van der Waals surface area contributed by atoms with Crippen molar-refractivity contribution in [2.24, 2.45) is 0 Å². The zero-order valence-corrected chi connectivity index (χ0v) is 16.3. The smallest absolute Gasteiger partial charge is 0.190 e. The van der Waals surface area contributed by atoms with Crippen molar-refractivity contribution in [3.8, 4) is 0 Å². The molecule has 0 saturated heterocycles. The molecular formula is C17H25N3O2S2. The molecule has 0 bridgehead atoms. The van der Waals surface area contributed by atoms with Crippen molar-refractivity contribution in [3.63, 3.8) is 0 Å². The predicted molar refractivity (Wildman–Crippen MR) is 101 cm³/mol.